The van der Waals surface area contributed by atoms with E-state index in [-0.39, 0.29) is 19.3 Å². The van der Waals surface area contributed by atoms with Gasteiger partial charge in [-0.15, -0.1) is 0 Å². The van der Waals surface area contributed by atoms with Gasteiger partial charge in [-0.05, 0) is 45.1 Å². The predicted octanol–water partition coefficient (Wildman–Crippen LogP) is -1.68. The van der Waals surface area contributed by atoms with E-state index < -0.39 is 60.2 Å². The fourth-order valence-corrected chi connectivity index (χ4v) is 4.06. The molecule has 3 amide bonds. The molecule has 2 heterocycles. The van der Waals surface area contributed by atoms with Crippen molar-refractivity contribution in [2.24, 2.45) is 11.5 Å². The number of rotatable bonds is 15. The summed E-state index contributed by atoms with van der Waals surface area (Å²) in [5.41, 5.74) is 12.1. The molecule has 9 N–H and O–H groups in total. The lowest BCUT2D eigenvalue weighted by Gasteiger charge is -2.28. The molecule has 1 aliphatic heterocycles. The number of nitrogens with one attached hydrogen (secondary N) is 3. The molecule has 36 heavy (non-hydrogen) atoms. The van der Waals surface area contributed by atoms with Gasteiger partial charge in [-0.25, -0.2) is 9.78 Å². The van der Waals surface area contributed by atoms with Gasteiger partial charge in [-0.2, -0.15) is 0 Å². The topological polar surface area (TPSA) is 234 Å². The maximum absolute atomic E-state index is 13.1. The molecule has 0 spiro atoms. The first kappa shape index (κ1) is 28.7. The van der Waals surface area contributed by atoms with Gasteiger partial charge in [0.1, 0.15) is 18.1 Å². The van der Waals surface area contributed by atoms with Crippen molar-refractivity contribution in [3.63, 3.8) is 0 Å². The van der Waals surface area contributed by atoms with Crippen LogP contribution in [-0.4, -0.2) is 92.0 Å². The number of aliphatic carboxylic acids is 2. The fourth-order valence-electron chi connectivity index (χ4n) is 4.06. The van der Waals surface area contributed by atoms with Gasteiger partial charge >= 0.3 is 11.9 Å². The Balaban J connectivity index is 2.06. The molecule has 200 valence electrons. The number of H-pyrrole nitrogens is 1. The summed E-state index contributed by atoms with van der Waals surface area (Å²) in [5.74, 6) is -4.30. The normalized spacial score (nSPS) is 17.7. The first-order valence-electron chi connectivity index (χ1n) is 11.9. The summed E-state index contributed by atoms with van der Waals surface area (Å²) < 4.78 is 0. The third kappa shape index (κ3) is 8.61. The Morgan fingerprint density at radius 2 is 1.89 bits per heavy atom. The number of carbonyl (C=O) groups is 5. The van der Waals surface area contributed by atoms with Crippen molar-refractivity contribution in [2.75, 3.05) is 13.1 Å². The summed E-state index contributed by atoms with van der Waals surface area (Å²) in [6.45, 7) is 0.682. The van der Waals surface area contributed by atoms with E-state index in [1.54, 1.807) is 6.20 Å². The number of hydrogen-bond acceptors (Lipinski definition) is 8. The van der Waals surface area contributed by atoms with Crippen molar-refractivity contribution < 1.29 is 34.2 Å². The molecule has 1 fully saturated rings. The molecular formula is C22H35N7O7. The Kier molecular flexibility index (Phi) is 11.3. The molecule has 2 rings (SSSR count). The summed E-state index contributed by atoms with van der Waals surface area (Å²) in [6.07, 6.45) is 4.62. The quantitative estimate of drug-likeness (QED) is 0.133. The molecule has 4 unspecified atom stereocenters. The highest BCUT2D eigenvalue weighted by Crippen LogP contribution is 2.19. The highest BCUT2D eigenvalue weighted by Gasteiger charge is 2.38. The minimum atomic E-state index is -1.29. The van der Waals surface area contributed by atoms with E-state index in [1.807, 2.05) is 0 Å². The number of likely N-dealkylation sites (tertiary alicyclic amines) is 1. The molecule has 4 atom stereocenters. The molecule has 0 bridgehead atoms. The number of carboxylic acid groups (broad SMARTS) is 2. The molecule has 0 saturated carbocycles. The zero-order chi connectivity index (χ0) is 26.7. The van der Waals surface area contributed by atoms with Crippen LogP contribution in [0.15, 0.2) is 12.5 Å². The number of aromatic nitrogens is 2. The summed E-state index contributed by atoms with van der Waals surface area (Å²) in [5, 5.41) is 23.4. The van der Waals surface area contributed by atoms with Crippen molar-refractivity contribution in [1.82, 2.24) is 25.5 Å². The van der Waals surface area contributed by atoms with E-state index in [9.17, 15) is 29.1 Å². The molecule has 0 aromatic carbocycles. The van der Waals surface area contributed by atoms with E-state index in [0.717, 1.165) is 0 Å². The van der Waals surface area contributed by atoms with Crippen LogP contribution in [0.5, 0.6) is 0 Å². The third-order valence-corrected chi connectivity index (χ3v) is 5.99. The number of imidazole rings is 1. The maximum atomic E-state index is 13.1. The van der Waals surface area contributed by atoms with E-state index in [4.69, 9.17) is 16.6 Å². The monoisotopic (exact) mass is 509 g/mol. The molecule has 14 heteroatoms. The van der Waals surface area contributed by atoms with Crippen molar-refractivity contribution in [1.29, 1.82) is 0 Å². The third-order valence-electron chi connectivity index (χ3n) is 5.99. The number of nitrogens with two attached hydrogens (primary N) is 2. The Hall–Kier alpha value is -3.52. The van der Waals surface area contributed by atoms with E-state index >= 15 is 0 Å². The summed E-state index contributed by atoms with van der Waals surface area (Å²) in [6, 6.07) is -4.29. The Bertz CT molecular complexity index is 909. The molecule has 1 aromatic rings. The Morgan fingerprint density at radius 1 is 1.14 bits per heavy atom. The van der Waals surface area contributed by atoms with Gasteiger partial charge in [-0.1, -0.05) is 0 Å². The number of amides is 3. The van der Waals surface area contributed by atoms with Gasteiger partial charge in [0.2, 0.25) is 17.7 Å². The second-order valence-electron chi connectivity index (χ2n) is 8.75. The van der Waals surface area contributed by atoms with Crippen LogP contribution in [0.2, 0.25) is 0 Å². The number of carboxylic acids is 2. The molecule has 1 aliphatic rings. The van der Waals surface area contributed by atoms with Crippen LogP contribution in [0.4, 0.5) is 0 Å². The molecule has 14 nitrogen and oxygen atoms in total. The van der Waals surface area contributed by atoms with Crippen molar-refractivity contribution in [2.45, 2.75) is 75.5 Å². The van der Waals surface area contributed by atoms with Crippen LogP contribution in [0.1, 0.15) is 50.6 Å². The number of hydrogen-bond donors (Lipinski definition) is 7. The van der Waals surface area contributed by atoms with Crippen LogP contribution in [0, 0.1) is 0 Å². The lowest BCUT2D eigenvalue weighted by atomic mass is 10.1. The van der Waals surface area contributed by atoms with E-state index in [1.165, 1.54) is 11.2 Å². The van der Waals surface area contributed by atoms with Gasteiger partial charge in [0.15, 0.2) is 0 Å². The minimum absolute atomic E-state index is 0.136. The average Bonchev–Trinajstić information content (AvgIpc) is 3.52. The van der Waals surface area contributed by atoms with E-state index in [0.29, 0.717) is 44.5 Å². The first-order valence-corrected chi connectivity index (χ1v) is 11.9. The zero-order valence-corrected chi connectivity index (χ0v) is 20.0. The number of carbonyl (C=O) groups excluding carboxylic acids is 3. The second kappa shape index (κ2) is 14.1. The second-order valence-corrected chi connectivity index (χ2v) is 8.75. The van der Waals surface area contributed by atoms with E-state index in [2.05, 4.69) is 20.6 Å². The maximum Gasteiger partial charge on any atom is 0.326 e. The highest BCUT2D eigenvalue weighted by molar-refractivity contribution is 5.94. The number of nitrogens with zero attached hydrogens (tertiary/aromatic N) is 2. The van der Waals surface area contributed by atoms with Crippen molar-refractivity contribution in [3.8, 4) is 0 Å². The molecular weight excluding hydrogens is 474 g/mol. The SMILES string of the molecule is NCCCCC(NC(=O)C(CCC(=O)O)NC(=O)C1CCCN1C(=O)C(N)Cc1cnc[nH]1)C(=O)O. The highest BCUT2D eigenvalue weighted by atomic mass is 16.4. The zero-order valence-electron chi connectivity index (χ0n) is 20.0. The molecule has 1 aromatic heterocycles. The molecule has 0 radical (unpaired) electrons. The van der Waals surface area contributed by atoms with Crippen LogP contribution in [0.25, 0.3) is 0 Å². The standard InChI is InChI=1S/C22H35N7O7/c23-8-2-1-4-16(22(35)36)28-19(32)15(6-7-18(30)31)27-20(33)17-5-3-9-29(17)21(34)14(24)10-13-11-25-12-26-13/h11-12,14-17H,1-10,23-24H2,(H,25,26)(H,27,33)(H,28,32)(H,30,31)(H,35,36). The Labute approximate surface area is 208 Å². The summed E-state index contributed by atoms with van der Waals surface area (Å²) >= 11 is 0. The molecule has 1 saturated heterocycles. The summed E-state index contributed by atoms with van der Waals surface area (Å²) in [7, 11) is 0. The molecule has 0 aliphatic carbocycles. The first-order chi connectivity index (χ1) is 17.1. The van der Waals surface area contributed by atoms with Crippen LogP contribution in [-0.2, 0) is 30.4 Å². The van der Waals surface area contributed by atoms with Gasteiger partial charge in [-0.3, -0.25) is 19.2 Å². The fraction of sp³-hybridized carbons (Fsp3) is 0.636. The Morgan fingerprint density at radius 3 is 2.50 bits per heavy atom. The minimum Gasteiger partial charge on any atom is -0.481 e. The van der Waals surface area contributed by atoms with Gasteiger partial charge < -0.3 is 42.2 Å². The van der Waals surface area contributed by atoms with Gasteiger partial charge in [0.25, 0.3) is 0 Å². The average molecular weight is 510 g/mol. The lowest BCUT2D eigenvalue weighted by molar-refractivity contribution is -0.144. The van der Waals surface area contributed by atoms with Gasteiger partial charge in [0, 0.05) is 31.3 Å². The number of unbranched alkanes of at least 4 members (excludes halogenated alkanes) is 1. The lowest BCUT2D eigenvalue weighted by Crippen LogP contribution is -2.56. The van der Waals surface area contributed by atoms with Crippen LogP contribution < -0.4 is 22.1 Å². The van der Waals surface area contributed by atoms with Gasteiger partial charge in [0.05, 0.1) is 12.4 Å². The number of aromatic amines is 1. The van der Waals surface area contributed by atoms with Crippen molar-refractivity contribution >= 4 is 29.7 Å². The smallest absolute Gasteiger partial charge is 0.326 e. The predicted molar refractivity (Wildman–Crippen MR) is 126 cm³/mol. The largest absolute Gasteiger partial charge is 0.481 e. The summed E-state index contributed by atoms with van der Waals surface area (Å²) in [4.78, 5) is 69.6. The van der Waals surface area contributed by atoms with Crippen LogP contribution in [0.3, 0.4) is 0 Å². The van der Waals surface area contributed by atoms with Crippen molar-refractivity contribution in [3.05, 3.63) is 18.2 Å². The van der Waals surface area contributed by atoms with Crippen LogP contribution >= 0.6 is 0 Å².